The number of hydrogen-bond donors (Lipinski definition) is 1. The first-order valence-corrected chi connectivity index (χ1v) is 4.41. The molecule has 1 fully saturated rings. The molecule has 60 valence electrons. The molecule has 6 heteroatoms. The van der Waals surface area contributed by atoms with E-state index >= 15 is 0 Å². The van der Waals surface area contributed by atoms with Crippen LogP contribution in [0, 0.1) is 0 Å². The van der Waals surface area contributed by atoms with Crippen molar-refractivity contribution in [3.05, 3.63) is 0 Å². The van der Waals surface area contributed by atoms with Gasteiger partial charge in [-0.1, -0.05) is 11.1 Å². The first-order chi connectivity index (χ1) is 4.79. The van der Waals surface area contributed by atoms with Gasteiger partial charge in [0.1, 0.15) is 0 Å². The summed E-state index contributed by atoms with van der Waals surface area (Å²) in [6.45, 7) is 2.08. The molecule has 0 aliphatic carbocycles. The minimum atomic E-state index is -1.98. The molecule has 1 aliphatic rings. The monoisotopic (exact) mass is 187 g/mol. The van der Waals surface area contributed by atoms with Crippen LogP contribution in [0.1, 0.15) is 0 Å². The van der Waals surface area contributed by atoms with Crippen LogP contribution in [-0.2, 0) is 15.8 Å². The van der Waals surface area contributed by atoms with E-state index in [9.17, 15) is 8.76 Å². The Morgan fingerprint density at radius 2 is 2.45 bits per heavy atom. The fourth-order valence-corrected chi connectivity index (χ4v) is 1.40. The van der Waals surface area contributed by atoms with Crippen LogP contribution in [0.3, 0.4) is 0 Å². The Morgan fingerprint density at radius 1 is 1.73 bits per heavy atom. The molecule has 11 heavy (non-hydrogen) atoms. The molecule has 1 N–H and O–H groups in total. The number of morpholine rings is 1. The molecule has 0 spiro atoms. The van der Waals surface area contributed by atoms with E-state index in [2.05, 4.69) is 5.32 Å². The molecule has 0 bridgehead atoms. The Bertz CT molecular complexity index is 129. The van der Waals surface area contributed by atoms with E-state index in [4.69, 9.17) is 4.74 Å². The summed E-state index contributed by atoms with van der Waals surface area (Å²) >= 11 is -1.98. The van der Waals surface area contributed by atoms with E-state index in [0.29, 0.717) is 13.2 Å². The Labute approximate surface area is 90.6 Å². The molecule has 0 aromatic carbocycles. The zero-order chi connectivity index (χ0) is 7.40. The summed E-state index contributed by atoms with van der Waals surface area (Å²) in [6, 6.07) is 0. The Morgan fingerprint density at radius 3 is 2.91 bits per heavy atom. The second kappa shape index (κ2) is 6.54. The minimum absolute atomic E-state index is 0. The average Bonchev–Trinajstić information content (AvgIpc) is 1.88. The SMILES string of the molecule is O=S([O-])CC1CNCCO1.[Na+]. The van der Waals surface area contributed by atoms with Crippen LogP contribution >= 0.6 is 0 Å². The predicted octanol–water partition coefficient (Wildman–Crippen LogP) is -4.14. The van der Waals surface area contributed by atoms with Crippen molar-refractivity contribution in [2.45, 2.75) is 6.10 Å². The smallest absolute Gasteiger partial charge is 0.772 e. The van der Waals surface area contributed by atoms with E-state index in [1.165, 1.54) is 0 Å². The van der Waals surface area contributed by atoms with E-state index in [-0.39, 0.29) is 41.4 Å². The Hall–Kier alpha value is 1.03. The van der Waals surface area contributed by atoms with E-state index < -0.39 is 11.1 Å². The zero-order valence-corrected chi connectivity index (χ0v) is 9.36. The maximum atomic E-state index is 10.2. The van der Waals surface area contributed by atoms with Gasteiger partial charge in [0, 0.05) is 18.8 Å². The fraction of sp³-hybridized carbons (Fsp3) is 1.00. The van der Waals surface area contributed by atoms with Gasteiger partial charge in [0.25, 0.3) is 0 Å². The van der Waals surface area contributed by atoms with Crippen LogP contribution < -0.4 is 34.9 Å². The molecule has 0 aromatic rings. The molecule has 4 nitrogen and oxygen atoms in total. The van der Waals surface area contributed by atoms with Crippen molar-refractivity contribution in [3.63, 3.8) is 0 Å². The maximum Gasteiger partial charge on any atom is 1.00 e. The maximum absolute atomic E-state index is 10.2. The van der Waals surface area contributed by atoms with E-state index in [1.807, 2.05) is 0 Å². The second-order valence-corrected chi connectivity index (χ2v) is 3.11. The van der Waals surface area contributed by atoms with Crippen molar-refractivity contribution < 1.29 is 43.1 Å². The molecule has 2 unspecified atom stereocenters. The molecule has 0 amide bonds. The summed E-state index contributed by atoms with van der Waals surface area (Å²) in [5, 5.41) is 3.04. The predicted molar refractivity (Wildman–Crippen MR) is 36.4 cm³/mol. The third-order valence-electron chi connectivity index (χ3n) is 1.33. The van der Waals surface area contributed by atoms with Crippen LogP contribution in [0.4, 0.5) is 0 Å². The molecule has 0 aromatic heterocycles. The van der Waals surface area contributed by atoms with Crippen molar-refractivity contribution >= 4 is 11.1 Å². The van der Waals surface area contributed by atoms with Gasteiger partial charge in [-0.2, -0.15) is 0 Å². The molecule has 1 aliphatic heterocycles. The second-order valence-electron chi connectivity index (χ2n) is 2.17. The minimum Gasteiger partial charge on any atom is -0.772 e. The van der Waals surface area contributed by atoms with Crippen molar-refractivity contribution in [1.82, 2.24) is 5.32 Å². The first-order valence-electron chi connectivity index (χ1n) is 3.17. The molecule has 1 heterocycles. The molecular weight excluding hydrogens is 177 g/mol. The quantitative estimate of drug-likeness (QED) is 0.352. The summed E-state index contributed by atoms with van der Waals surface area (Å²) in [7, 11) is 0. The van der Waals surface area contributed by atoms with Crippen LogP contribution in [0.5, 0.6) is 0 Å². The molecule has 1 saturated heterocycles. The molecule has 0 radical (unpaired) electrons. The number of ether oxygens (including phenoxy) is 1. The van der Waals surface area contributed by atoms with Gasteiger partial charge in [0.05, 0.1) is 12.7 Å². The Kier molecular flexibility index (Phi) is 7.15. The third-order valence-corrected chi connectivity index (χ3v) is 1.97. The van der Waals surface area contributed by atoms with E-state index in [1.54, 1.807) is 0 Å². The van der Waals surface area contributed by atoms with Crippen LogP contribution in [0.25, 0.3) is 0 Å². The van der Waals surface area contributed by atoms with E-state index in [0.717, 1.165) is 6.54 Å². The molecule has 2 atom stereocenters. The summed E-state index contributed by atoms with van der Waals surface area (Å²) in [4.78, 5) is 0. The molecular formula is C5H10NNaO3S. The van der Waals surface area contributed by atoms with Crippen molar-refractivity contribution in [3.8, 4) is 0 Å². The topological polar surface area (TPSA) is 61.4 Å². The van der Waals surface area contributed by atoms with Crippen LogP contribution in [-0.4, -0.2) is 40.3 Å². The van der Waals surface area contributed by atoms with Crippen LogP contribution in [0.2, 0.25) is 0 Å². The summed E-state index contributed by atoms with van der Waals surface area (Å²) in [5.41, 5.74) is 0. The normalized spacial score (nSPS) is 27.2. The van der Waals surface area contributed by atoms with Gasteiger partial charge in [0.15, 0.2) is 0 Å². The number of nitrogens with one attached hydrogen (secondary N) is 1. The molecule has 0 saturated carbocycles. The van der Waals surface area contributed by atoms with Gasteiger partial charge in [-0.15, -0.1) is 0 Å². The third kappa shape index (κ3) is 5.30. The van der Waals surface area contributed by atoms with Gasteiger partial charge in [0.2, 0.25) is 0 Å². The summed E-state index contributed by atoms with van der Waals surface area (Å²) in [5.74, 6) is 0.104. The average molecular weight is 187 g/mol. The summed E-state index contributed by atoms with van der Waals surface area (Å²) < 4.78 is 25.5. The van der Waals surface area contributed by atoms with Crippen molar-refractivity contribution in [2.24, 2.45) is 0 Å². The molecule has 1 rings (SSSR count). The van der Waals surface area contributed by atoms with Gasteiger partial charge in [-0.05, 0) is 0 Å². The standard InChI is InChI=1S/C5H11NO3S.Na/c7-10(8)4-5-3-6-1-2-9-5;/h5-6H,1-4H2,(H,7,8);/q;+1/p-1. The van der Waals surface area contributed by atoms with Crippen LogP contribution in [0.15, 0.2) is 0 Å². The number of hydrogen-bond acceptors (Lipinski definition) is 4. The van der Waals surface area contributed by atoms with Gasteiger partial charge >= 0.3 is 29.6 Å². The summed E-state index contributed by atoms with van der Waals surface area (Å²) in [6.07, 6.45) is -0.146. The first kappa shape index (κ1) is 12.0. The largest absolute Gasteiger partial charge is 1.00 e. The van der Waals surface area contributed by atoms with Gasteiger partial charge < -0.3 is 14.6 Å². The Balaban J connectivity index is 0.000001000. The van der Waals surface area contributed by atoms with Crippen molar-refractivity contribution in [2.75, 3.05) is 25.4 Å². The number of rotatable bonds is 2. The van der Waals surface area contributed by atoms with Gasteiger partial charge in [-0.3, -0.25) is 4.21 Å². The van der Waals surface area contributed by atoms with Crippen molar-refractivity contribution in [1.29, 1.82) is 0 Å². The zero-order valence-electron chi connectivity index (χ0n) is 6.54. The van der Waals surface area contributed by atoms with Gasteiger partial charge in [-0.25, -0.2) is 0 Å². The fourth-order valence-electron chi connectivity index (χ4n) is 0.879.